The quantitative estimate of drug-likeness (QED) is 0.672. The van der Waals surface area contributed by atoms with Crippen molar-refractivity contribution in [3.8, 4) is 23.0 Å². The summed E-state index contributed by atoms with van der Waals surface area (Å²) < 4.78 is 5.57. The highest BCUT2D eigenvalue weighted by molar-refractivity contribution is 6.39. The van der Waals surface area contributed by atoms with Gasteiger partial charge in [0.05, 0.1) is 10.0 Å². The van der Waals surface area contributed by atoms with E-state index in [-0.39, 0.29) is 43.1 Å². The molecule has 2 aromatic carbocycles. The van der Waals surface area contributed by atoms with E-state index in [9.17, 15) is 10.2 Å². The number of hydrogen-bond acceptors (Lipinski definition) is 3. The first-order valence-electron chi connectivity index (χ1n) is 5.77. The summed E-state index contributed by atoms with van der Waals surface area (Å²) in [6, 6.07) is 3.11. The van der Waals surface area contributed by atoms with Gasteiger partial charge in [-0.15, -0.1) is 0 Å². The van der Waals surface area contributed by atoms with Crippen LogP contribution in [0.3, 0.4) is 0 Å². The van der Waals surface area contributed by atoms with Gasteiger partial charge in [0.1, 0.15) is 21.5 Å². The Bertz CT molecular complexity index is 668. The second-order valence-electron chi connectivity index (χ2n) is 4.44. The monoisotopic (exact) mass is 366 g/mol. The fourth-order valence-electron chi connectivity index (χ4n) is 1.71. The van der Waals surface area contributed by atoms with Crippen molar-refractivity contribution in [3.05, 3.63) is 43.4 Å². The van der Waals surface area contributed by atoms with Crippen molar-refractivity contribution in [3.63, 3.8) is 0 Å². The molecule has 0 saturated heterocycles. The van der Waals surface area contributed by atoms with Crippen molar-refractivity contribution in [1.29, 1.82) is 0 Å². The SMILES string of the molecule is Cc1cc(Oc2cc(C)c(Cl)c(O)c2Cl)c(Cl)c(O)c1Cl. The van der Waals surface area contributed by atoms with E-state index < -0.39 is 0 Å². The molecular formula is C14H10Cl4O3. The summed E-state index contributed by atoms with van der Waals surface area (Å²) in [5.74, 6) is -0.225. The summed E-state index contributed by atoms with van der Waals surface area (Å²) in [5, 5.41) is 19.8. The molecule has 0 aliphatic carbocycles. The first-order chi connectivity index (χ1) is 9.73. The van der Waals surface area contributed by atoms with Gasteiger partial charge >= 0.3 is 0 Å². The van der Waals surface area contributed by atoms with Crippen LogP contribution in [0.5, 0.6) is 23.0 Å². The van der Waals surface area contributed by atoms with Crippen LogP contribution in [0.1, 0.15) is 11.1 Å². The van der Waals surface area contributed by atoms with Crippen LogP contribution in [0, 0.1) is 13.8 Å². The van der Waals surface area contributed by atoms with Crippen LogP contribution in [0.25, 0.3) is 0 Å². The number of aryl methyl sites for hydroxylation is 2. The Labute approximate surface area is 141 Å². The number of benzene rings is 2. The van der Waals surface area contributed by atoms with Crippen LogP contribution in [0.15, 0.2) is 12.1 Å². The maximum absolute atomic E-state index is 9.82. The lowest BCUT2D eigenvalue weighted by molar-refractivity contribution is 0.446. The Morgan fingerprint density at radius 3 is 1.38 bits per heavy atom. The molecule has 2 N–H and O–H groups in total. The Morgan fingerprint density at radius 2 is 1.05 bits per heavy atom. The fourth-order valence-corrected chi connectivity index (χ4v) is 2.48. The third kappa shape index (κ3) is 2.97. The zero-order valence-corrected chi connectivity index (χ0v) is 14.0. The van der Waals surface area contributed by atoms with Gasteiger partial charge in [0.2, 0.25) is 0 Å². The first kappa shape index (κ1) is 16.4. The summed E-state index contributed by atoms with van der Waals surface area (Å²) in [6.07, 6.45) is 0. The van der Waals surface area contributed by atoms with Gasteiger partial charge in [-0.1, -0.05) is 46.4 Å². The van der Waals surface area contributed by atoms with Crippen molar-refractivity contribution in [1.82, 2.24) is 0 Å². The molecule has 0 unspecified atom stereocenters. The van der Waals surface area contributed by atoms with Crippen molar-refractivity contribution in [2.45, 2.75) is 13.8 Å². The van der Waals surface area contributed by atoms with E-state index in [1.165, 1.54) is 0 Å². The van der Waals surface area contributed by atoms with Gasteiger partial charge in [0.25, 0.3) is 0 Å². The molecule has 0 aliphatic rings. The van der Waals surface area contributed by atoms with Crippen LogP contribution in [-0.4, -0.2) is 10.2 Å². The molecule has 0 amide bonds. The molecule has 0 aromatic heterocycles. The van der Waals surface area contributed by atoms with Crippen LogP contribution in [-0.2, 0) is 0 Å². The molecule has 0 atom stereocenters. The highest BCUT2D eigenvalue weighted by Gasteiger charge is 2.18. The molecule has 0 bridgehead atoms. The number of rotatable bonds is 2. The second kappa shape index (κ2) is 6.01. The van der Waals surface area contributed by atoms with Gasteiger partial charge in [-0.2, -0.15) is 0 Å². The molecule has 0 radical (unpaired) electrons. The lowest BCUT2D eigenvalue weighted by Gasteiger charge is -2.14. The topological polar surface area (TPSA) is 49.7 Å². The van der Waals surface area contributed by atoms with Gasteiger partial charge in [-0.3, -0.25) is 0 Å². The van der Waals surface area contributed by atoms with Crippen LogP contribution in [0.4, 0.5) is 0 Å². The van der Waals surface area contributed by atoms with Gasteiger partial charge < -0.3 is 14.9 Å². The van der Waals surface area contributed by atoms with E-state index in [0.717, 1.165) is 0 Å². The average Bonchev–Trinajstić information content (AvgIpc) is 2.45. The van der Waals surface area contributed by atoms with E-state index in [0.29, 0.717) is 11.1 Å². The molecule has 3 nitrogen and oxygen atoms in total. The highest BCUT2D eigenvalue weighted by atomic mass is 35.5. The summed E-state index contributed by atoms with van der Waals surface area (Å²) in [4.78, 5) is 0. The Morgan fingerprint density at radius 1 is 0.714 bits per heavy atom. The molecule has 2 rings (SSSR count). The van der Waals surface area contributed by atoms with Crippen molar-refractivity contribution in [2.24, 2.45) is 0 Å². The Hall–Kier alpha value is -1.00. The summed E-state index contributed by atoms with van der Waals surface area (Å²) >= 11 is 23.8. The lowest BCUT2D eigenvalue weighted by Crippen LogP contribution is -1.91. The minimum absolute atomic E-state index is 0.0474. The molecule has 112 valence electrons. The zero-order chi connectivity index (χ0) is 15.9. The van der Waals surface area contributed by atoms with Crippen molar-refractivity contribution < 1.29 is 14.9 Å². The van der Waals surface area contributed by atoms with Crippen LogP contribution in [0.2, 0.25) is 20.1 Å². The van der Waals surface area contributed by atoms with Crippen LogP contribution < -0.4 is 4.74 Å². The smallest absolute Gasteiger partial charge is 0.156 e. The predicted octanol–water partition coefficient (Wildman–Crippen LogP) is 6.12. The first-order valence-corrected chi connectivity index (χ1v) is 7.28. The van der Waals surface area contributed by atoms with E-state index in [1.54, 1.807) is 26.0 Å². The maximum atomic E-state index is 9.82. The number of halogens is 4. The number of phenolic OH excluding ortho intramolecular Hbond substituents is 2. The van der Waals surface area contributed by atoms with Crippen LogP contribution >= 0.6 is 46.4 Å². The normalized spacial score (nSPS) is 10.8. The summed E-state index contributed by atoms with van der Waals surface area (Å²) in [7, 11) is 0. The predicted molar refractivity (Wildman–Crippen MR) is 85.8 cm³/mol. The number of ether oxygens (including phenoxy) is 1. The molecule has 2 aromatic rings. The lowest BCUT2D eigenvalue weighted by atomic mass is 10.2. The largest absolute Gasteiger partial charge is 0.505 e. The van der Waals surface area contributed by atoms with Gasteiger partial charge in [0.15, 0.2) is 11.5 Å². The van der Waals surface area contributed by atoms with E-state index >= 15 is 0 Å². The molecule has 7 heteroatoms. The van der Waals surface area contributed by atoms with E-state index in [2.05, 4.69) is 0 Å². The maximum Gasteiger partial charge on any atom is 0.156 e. The Balaban J connectivity index is 2.54. The molecule has 0 heterocycles. The highest BCUT2D eigenvalue weighted by Crippen LogP contribution is 2.46. The third-order valence-corrected chi connectivity index (χ3v) is 4.56. The summed E-state index contributed by atoms with van der Waals surface area (Å²) in [5.41, 5.74) is 1.17. The number of aromatic hydroxyl groups is 2. The second-order valence-corrected chi connectivity index (χ2v) is 5.95. The number of hydrogen-bond donors (Lipinski definition) is 2. The molecule has 0 saturated carbocycles. The average molecular weight is 368 g/mol. The van der Waals surface area contributed by atoms with Gasteiger partial charge in [-0.25, -0.2) is 0 Å². The molecule has 0 aliphatic heterocycles. The fraction of sp³-hybridized carbons (Fsp3) is 0.143. The van der Waals surface area contributed by atoms with E-state index in [1.807, 2.05) is 0 Å². The number of phenols is 2. The zero-order valence-electron chi connectivity index (χ0n) is 11.0. The van der Waals surface area contributed by atoms with Gasteiger partial charge in [0, 0.05) is 0 Å². The third-order valence-electron chi connectivity index (χ3n) is 2.87. The minimum atomic E-state index is -0.278. The summed E-state index contributed by atoms with van der Waals surface area (Å²) in [6.45, 7) is 3.38. The van der Waals surface area contributed by atoms with Crippen molar-refractivity contribution in [2.75, 3.05) is 0 Å². The molecule has 21 heavy (non-hydrogen) atoms. The van der Waals surface area contributed by atoms with Crippen molar-refractivity contribution >= 4 is 46.4 Å². The standard InChI is InChI=1S/C14H10Cl4O3/c1-5-3-7(11(17)13(19)9(5)15)21-8-4-6(2)10(16)14(20)12(8)18/h3-4,19-20H,1-2H3. The molecular weight excluding hydrogens is 358 g/mol. The van der Waals surface area contributed by atoms with Gasteiger partial charge in [-0.05, 0) is 37.1 Å². The molecule has 0 fully saturated rings. The van der Waals surface area contributed by atoms with E-state index in [4.69, 9.17) is 51.1 Å². The minimum Gasteiger partial charge on any atom is -0.505 e. The molecule has 0 spiro atoms. The Kier molecular flexibility index (Phi) is 4.69.